The van der Waals surface area contributed by atoms with E-state index < -0.39 is 0 Å². The molecule has 0 aliphatic heterocycles. The predicted molar refractivity (Wildman–Crippen MR) is 64.2 cm³/mol. The number of rotatable bonds is 1. The molecular formula is C12H16N4O. The van der Waals surface area contributed by atoms with E-state index in [1.54, 1.807) is 6.92 Å². The fourth-order valence-electron chi connectivity index (χ4n) is 2.60. The maximum Gasteiger partial charge on any atom is 0.294 e. The molecule has 17 heavy (non-hydrogen) atoms. The van der Waals surface area contributed by atoms with Crippen molar-refractivity contribution in [3.05, 3.63) is 27.8 Å². The molecule has 0 spiro atoms. The lowest BCUT2D eigenvalue weighted by Gasteiger charge is -2.19. The topological polar surface area (TPSA) is 63.1 Å². The number of aryl methyl sites for hydroxylation is 1. The third kappa shape index (κ3) is 1.75. The average Bonchev–Trinajstić information content (AvgIpc) is 2.80. The lowest BCUT2D eigenvalue weighted by molar-refractivity contribution is 0.435. The van der Waals surface area contributed by atoms with Gasteiger partial charge in [0.2, 0.25) is 0 Å². The van der Waals surface area contributed by atoms with E-state index in [4.69, 9.17) is 0 Å². The maximum atomic E-state index is 11.9. The molecule has 0 unspecified atom stereocenters. The van der Waals surface area contributed by atoms with Crippen LogP contribution < -0.4 is 5.56 Å². The Morgan fingerprint density at radius 1 is 1.29 bits per heavy atom. The van der Waals surface area contributed by atoms with Crippen molar-refractivity contribution in [3.8, 4) is 0 Å². The molecule has 0 aromatic carbocycles. The third-order valence-electron chi connectivity index (χ3n) is 3.61. The zero-order chi connectivity index (χ0) is 11.8. The monoisotopic (exact) mass is 232 g/mol. The number of hydrogen-bond acceptors (Lipinski definition) is 3. The molecule has 3 rings (SSSR count). The molecule has 0 radical (unpaired) electrons. The van der Waals surface area contributed by atoms with Gasteiger partial charge < -0.3 is 0 Å². The highest BCUT2D eigenvalue weighted by Crippen LogP contribution is 2.31. The minimum absolute atomic E-state index is 0.0999. The van der Waals surface area contributed by atoms with Gasteiger partial charge in [-0.25, -0.2) is 0 Å². The number of aromatic amines is 1. The van der Waals surface area contributed by atoms with Crippen molar-refractivity contribution in [1.29, 1.82) is 0 Å². The van der Waals surface area contributed by atoms with E-state index in [2.05, 4.69) is 15.3 Å². The number of fused-ring (bicyclic) bond motifs is 1. The van der Waals surface area contributed by atoms with Crippen molar-refractivity contribution < 1.29 is 0 Å². The normalized spacial score (nSPS) is 17.7. The van der Waals surface area contributed by atoms with Crippen molar-refractivity contribution in [3.63, 3.8) is 0 Å². The summed E-state index contributed by atoms with van der Waals surface area (Å²) >= 11 is 0. The molecule has 1 saturated carbocycles. The highest BCUT2D eigenvalue weighted by Gasteiger charge is 2.18. The lowest BCUT2D eigenvalue weighted by Crippen LogP contribution is -2.19. The van der Waals surface area contributed by atoms with Crippen LogP contribution in [0, 0.1) is 6.92 Å². The smallest absolute Gasteiger partial charge is 0.293 e. The van der Waals surface area contributed by atoms with Gasteiger partial charge in [0.05, 0.1) is 0 Å². The van der Waals surface area contributed by atoms with Gasteiger partial charge in [0.25, 0.3) is 5.56 Å². The van der Waals surface area contributed by atoms with Gasteiger partial charge in [-0.3, -0.25) is 9.89 Å². The number of aromatic nitrogens is 4. The van der Waals surface area contributed by atoms with Crippen LogP contribution in [-0.2, 0) is 0 Å². The molecule has 1 aliphatic rings. The van der Waals surface area contributed by atoms with E-state index in [9.17, 15) is 4.79 Å². The van der Waals surface area contributed by atoms with Gasteiger partial charge in [-0.05, 0) is 19.8 Å². The molecule has 2 aromatic heterocycles. The van der Waals surface area contributed by atoms with E-state index in [1.807, 2.05) is 6.07 Å². The Morgan fingerprint density at radius 2 is 2.06 bits per heavy atom. The molecule has 5 heteroatoms. The zero-order valence-electron chi connectivity index (χ0n) is 9.94. The van der Waals surface area contributed by atoms with Gasteiger partial charge in [-0.2, -0.15) is 4.52 Å². The summed E-state index contributed by atoms with van der Waals surface area (Å²) in [5.74, 6) is 0.546. The van der Waals surface area contributed by atoms with Gasteiger partial charge in [0.1, 0.15) is 5.69 Å². The third-order valence-corrected chi connectivity index (χ3v) is 3.61. The second-order valence-corrected chi connectivity index (χ2v) is 4.83. The first kappa shape index (κ1) is 10.5. The van der Waals surface area contributed by atoms with Crippen LogP contribution in [0.25, 0.3) is 5.65 Å². The molecular weight excluding hydrogens is 216 g/mol. The first-order chi connectivity index (χ1) is 8.25. The molecule has 1 fully saturated rings. The predicted octanol–water partition coefficient (Wildman–Crippen LogP) is 1.77. The molecule has 0 saturated heterocycles. The number of hydrogen-bond donors (Lipinski definition) is 1. The Kier molecular flexibility index (Phi) is 2.46. The molecule has 0 atom stereocenters. The van der Waals surface area contributed by atoms with Gasteiger partial charge in [-0.1, -0.05) is 19.3 Å². The Bertz CT molecular complexity index is 592. The molecule has 5 nitrogen and oxygen atoms in total. The van der Waals surface area contributed by atoms with Crippen LogP contribution in [0.5, 0.6) is 0 Å². The van der Waals surface area contributed by atoms with E-state index in [0.717, 1.165) is 5.69 Å². The first-order valence-electron chi connectivity index (χ1n) is 6.20. The number of nitrogens with zero attached hydrogens (tertiary/aromatic N) is 3. The molecule has 0 amide bonds. The zero-order valence-corrected chi connectivity index (χ0v) is 9.94. The summed E-state index contributed by atoms with van der Waals surface area (Å²) in [6, 6.07) is 1.96. The molecule has 2 heterocycles. The van der Waals surface area contributed by atoms with Crippen molar-refractivity contribution in [2.75, 3.05) is 0 Å². The molecule has 0 bridgehead atoms. The summed E-state index contributed by atoms with van der Waals surface area (Å²) in [5, 5.41) is 11.1. The second-order valence-electron chi connectivity index (χ2n) is 4.83. The van der Waals surface area contributed by atoms with Crippen LogP contribution in [0.4, 0.5) is 0 Å². The SMILES string of the molecule is Cc1nnc2cc(C3CCCCC3)[nH]n2c1=O. The molecule has 90 valence electrons. The Morgan fingerprint density at radius 3 is 2.82 bits per heavy atom. The van der Waals surface area contributed by atoms with Crippen LogP contribution in [-0.4, -0.2) is 19.8 Å². The Balaban J connectivity index is 2.07. The van der Waals surface area contributed by atoms with E-state index in [0.29, 0.717) is 17.3 Å². The van der Waals surface area contributed by atoms with E-state index in [-0.39, 0.29) is 5.56 Å². The second kappa shape index (κ2) is 3.98. The van der Waals surface area contributed by atoms with Crippen LogP contribution in [0.1, 0.15) is 49.4 Å². The summed E-state index contributed by atoms with van der Waals surface area (Å²) in [7, 11) is 0. The summed E-state index contributed by atoms with van der Waals surface area (Å²) in [5.41, 5.74) is 2.08. The van der Waals surface area contributed by atoms with Gasteiger partial charge in [0.15, 0.2) is 5.65 Å². The highest BCUT2D eigenvalue weighted by molar-refractivity contribution is 5.38. The Labute approximate surface area is 98.9 Å². The molecule has 1 aliphatic carbocycles. The maximum absolute atomic E-state index is 11.9. The van der Waals surface area contributed by atoms with E-state index >= 15 is 0 Å². The Hall–Kier alpha value is -1.65. The fraction of sp³-hybridized carbons (Fsp3) is 0.583. The van der Waals surface area contributed by atoms with Gasteiger partial charge in [-0.15, -0.1) is 10.2 Å². The van der Waals surface area contributed by atoms with Gasteiger partial charge >= 0.3 is 0 Å². The fourth-order valence-corrected chi connectivity index (χ4v) is 2.60. The lowest BCUT2D eigenvalue weighted by atomic mass is 9.87. The van der Waals surface area contributed by atoms with Crippen molar-refractivity contribution in [2.45, 2.75) is 44.9 Å². The molecule has 1 N–H and O–H groups in total. The standard InChI is InChI=1S/C12H16N4O/c1-8-12(17)16-11(14-13-8)7-10(15-16)9-5-3-2-4-6-9/h7,9,15H,2-6H2,1H3. The van der Waals surface area contributed by atoms with Crippen LogP contribution in [0.15, 0.2) is 10.9 Å². The van der Waals surface area contributed by atoms with Crippen LogP contribution >= 0.6 is 0 Å². The van der Waals surface area contributed by atoms with Crippen LogP contribution in [0.3, 0.4) is 0 Å². The number of H-pyrrole nitrogens is 1. The summed E-state index contributed by atoms with van der Waals surface area (Å²) in [4.78, 5) is 11.9. The number of nitrogens with one attached hydrogen (secondary N) is 1. The van der Waals surface area contributed by atoms with Crippen molar-refractivity contribution >= 4 is 5.65 Å². The average molecular weight is 232 g/mol. The molecule has 2 aromatic rings. The minimum atomic E-state index is -0.0999. The van der Waals surface area contributed by atoms with E-state index in [1.165, 1.54) is 36.6 Å². The summed E-state index contributed by atoms with van der Waals surface area (Å²) in [6.45, 7) is 1.68. The largest absolute Gasteiger partial charge is 0.294 e. The quantitative estimate of drug-likeness (QED) is 0.815. The van der Waals surface area contributed by atoms with Crippen molar-refractivity contribution in [1.82, 2.24) is 19.8 Å². The van der Waals surface area contributed by atoms with Crippen molar-refractivity contribution in [2.24, 2.45) is 0 Å². The summed E-state index contributed by atoms with van der Waals surface area (Å²) in [6.07, 6.45) is 6.29. The first-order valence-corrected chi connectivity index (χ1v) is 6.20. The summed E-state index contributed by atoms with van der Waals surface area (Å²) < 4.78 is 1.51. The van der Waals surface area contributed by atoms with Gasteiger partial charge in [0, 0.05) is 17.7 Å². The highest BCUT2D eigenvalue weighted by atomic mass is 16.1. The van der Waals surface area contributed by atoms with Crippen LogP contribution in [0.2, 0.25) is 0 Å². The minimum Gasteiger partial charge on any atom is -0.293 e.